The number of esters is 1. The zero-order valence-electron chi connectivity index (χ0n) is 17.1. The van der Waals surface area contributed by atoms with E-state index in [-0.39, 0.29) is 12.4 Å². The van der Waals surface area contributed by atoms with Crippen LogP contribution in [0.5, 0.6) is 0 Å². The van der Waals surface area contributed by atoms with Crippen molar-refractivity contribution in [1.82, 2.24) is 9.13 Å². The summed E-state index contributed by atoms with van der Waals surface area (Å²) in [4.78, 5) is 50.1. The lowest BCUT2D eigenvalue weighted by molar-refractivity contribution is -0.145. The minimum Gasteiger partial charge on any atom is -0.454 e. The van der Waals surface area contributed by atoms with Crippen molar-refractivity contribution in [2.75, 3.05) is 23.4 Å². The van der Waals surface area contributed by atoms with Crippen LogP contribution in [0.15, 0.2) is 76.3 Å². The summed E-state index contributed by atoms with van der Waals surface area (Å²) in [7, 11) is 2.75. The maximum Gasteiger partial charge on any atom is 0.332 e. The minimum absolute atomic E-state index is 0.0179. The van der Waals surface area contributed by atoms with E-state index < -0.39 is 29.7 Å². The summed E-state index contributed by atoms with van der Waals surface area (Å²) in [5, 5.41) is 2.41. The van der Waals surface area contributed by atoms with Gasteiger partial charge in [0.15, 0.2) is 6.61 Å². The highest BCUT2D eigenvalue weighted by atomic mass is 16.5. The van der Waals surface area contributed by atoms with E-state index in [0.717, 1.165) is 26.6 Å². The predicted molar refractivity (Wildman–Crippen MR) is 116 cm³/mol. The molecule has 0 saturated heterocycles. The number of rotatable bonds is 7. The van der Waals surface area contributed by atoms with Crippen LogP contribution in [-0.4, -0.2) is 34.2 Å². The first-order valence-corrected chi connectivity index (χ1v) is 9.47. The Kier molecular flexibility index (Phi) is 6.66. The third-order valence-electron chi connectivity index (χ3n) is 4.58. The molecule has 3 aromatic rings. The Bertz CT molecular complexity index is 1150. The third kappa shape index (κ3) is 5.27. The maximum atomic E-state index is 12.4. The van der Waals surface area contributed by atoms with E-state index in [1.165, 1.54) is 14.1 Å². The van der Waals surface area contributed by atoms with Gasteiger partial charge in [-0.05, 0) is 24.3 Å². The number of amides is 1. The molecule has 1 N–H and O–H groups in total. The average molecular weight is 422 g/mol. The Morgan fingerprint density at radius 3 is 2.00 bits per heavy atom. The molecule has 1 amide bonds. The second-order valence-electron chi connectivity index (χ2n) is 6.73. The van der Waals surface area contributed by atoms with Crippen LogP contribution >= 0.6 is 0 Å². The molecule has 1 aromatic heterocycles. The maximum absolute atomic E-state index is 12.4. The summed E-state index contributed by atoms with van der Waals surface area (Å²) in [6.07, 6.45) is 0. The number of hydrogen-bond donors (Lipinski definition) is 1. The Hall–Kier alpha value is -4.14. The van der Waals surface area contributed by atoms with Gasteiger partial charge in [-0.2, -0.15) is 0 Å². The number of aromatic nitrogens is 2. The fourth-order valence-electron chi connectivity index (χ4n) is 2.90. The highest BCUT2D eigenvalue weighted by Crippen LogP contribution is 2.24. The normalized spacial score (nSPS) is 10.4. The monoisotopic (exact) mass is 422 g/mol. The standard InChI is InChI=1S/C22H22N4O5/c1-24-18(13-20(28)25(2)22(24)30)23-19(27)15-31-21(29)14-26(16-9-5-3-6-10-16)17-11-7-4-8-12-17/h3-13H,14-15H2,1-2H3,(H,23,27). The van der Waals surface area contributed by atoms with Crippen molar-refractivity contribution in [2.45, 2.75) is 0 Å². The number of carbonyl (C=O) groups is 2. The molecule has 0 atom stereocenters. The van der Waals surface area contributed by atoms with Crippen molar-refractivity contribution >= 4 is 29.1 Å². The molecule has 1 heterocycles. The first kappa shape index (κ1) is 21.6. The second kappa shape index (κ2) is 9.57. The zero-order valence-corrected chi connectivity index (χ0v) is 17.1. The highest BCUT2D eigenvalue weighted by molar-refractivity contribution is 5.92. The van der Waals surface area contributed by atoms with Crippen molar-refractivity contribution in [3.8, 4) is 0 Å². The van der Waals surface area contributed by atoms with Gasteiger partial charge in [0.25, 0.3) is 11.5 Å². The van der Waals surface area contributed by atoms with E-state index >= 15 is 0 Å². The Labute approximate surface area is 178 Å². The van der Waals surface area contributed by atoms with Crippen LogP contribution in [0, 0.1) is 0 Å². The van der Waals surface area contributed by atoms with Gasteiger partial charge in [0.05, 0.1) is 0 Å². The van der Waals surface area contributed by atoms with Gasteiger partial charge in [0.1, 0.15) is 12.4 Å². The van der Waals surface area contributed by atoms with Crippen molar-refractivity contribution in [3.63, 3.8) is 0 Å². The van der Waals surface area contributed by atoms with Crippen LogP contribution in [0.25, 0.3) is 0 Å². The predicted octanol–water partition coefficient (Wildman–Crippen LogP) is 1.40. The van der Waals surface area contributed by atoms with Crippen LogP contribution in [0.3, 0.4) is 0 Å². The molecule has 0 radical (unpaired) electrons. The summed E-state index contributed by atoms with van der Waals surface area (Å²) in [5.41, 5.74) is 0.452. The molecule has 9 heteroatoms. The van der Waals surface area contributed by atoms with Gasteiger partial charge < -0.3 is 15.0 Å². The molecule has 0 saturated carbocycles. The van der Waals surface area contributed by atoms with E-state index in [1.54, 1.807) is 4.90 Å². The van der Waals surface area contributed by atoms with E-state index in [9.17, 15) is 19.2 Å². The molecule has 0 bridgehead atoms. The summed E-state index contributed by atoms with van der Waals surface area (Å²) in [6.45, 7) is -0.661. The lowest BCUT2D eigenvalue weighted by Crippen LogP contribution is -2.38. The molecule has 0 spiro atoms. The van der Waals surface area contributed by atoms with Gasteiger partial charge in [0, 0.05) is 31.5 Å². The summed E-state index contributed by atoms with van der Waals surface area (Å²) in [6, 6.07) is 19.8. The number of anilines is 3. The number of hydrogen-bond acceptors (Lipinski definition) is 6. The van der Waals surface area contributed by atoms with Crippen LogP contribution in [0.1, 0.15) is 0 Å². The van der Waals surface area contributed by atoms with E-state index in [1.807, 2.05) is 60.7 Å². The smallest absolute Gasteiger partial charge is 0.332 e. The summed E-state index contributed by atoms with van der Waals surface area (Å²) in [5.74, 6) is -1.26. The molecular weight excluding hydrogens is 400 g/mol. The number of nitrogens with zero attached hydrogens (tertiary/aromatic N) is 3. The molecule has 0 fully saturated rings. The minimum atomic E-state index is -0.664. The van der Waals surface area contributed by atoms with Crippen molar-refractivity contribution in [3.05, 3.63) is 87.6 Å². The SMILES string of the molecule is Cn1c(NC(=O)COC(=O)CN(c2ccccc2)c2ccccc2)cc(=O)n(C)c1=O. The summed E-state index contributed by atoms with van der Waals surface area (Å²) >= 11 is 0. The molecule has 9 nitrogen and oxygen atoms in total. The van der Waals surface area contributed by atoms with E-state index in [0.29, 0.717) is 0 Å². The fourth-order valence-corrected chi connectivity index (χ4v) is 2.90. The molecule has 0 aliphatic rings. The van der Waals surface area contributed by atoms with E-state index in [4.69, 9.17) is 4.74 Å². The van der Waals surface area contributed by atoms with Crippen molar-refractivity contribution < 1.29 is 14.3 Å². The lowest BCUT2D eigenvalue weighted by Gasteiger charge is -2.24. The molecule has 160 valence electrons. The Morgan fingerprint density at radius 1 is 0.903 bits per heavy atom. The first-order valence-electron chi connectivity index (χ1n) is 9.47. The van der Waals surface area contributed by atoms with Gasteiger partial charge in [-0.1, -0.05) is 36.4 Å². The molecule has 0 aliphatic heterocycles. The second-order valence-corrected chi connectivity index (χ2v) is 6.73. The van der Waals surface area contributed by atoms with Crippen molar-refractivity contribution in [1.29, 1.82) is 0 Å². The summed E-state index contributed by atoms with van der Waals surface area (Å²) < 4.78 is 7.14. The number of nitrogens with one attached hydrogen (secondary N) is 1. The lowest BCUT2D eigenvalue weighted by atomic mass is 10.2. The number of benzene rings is 2. The molecule has 0 aliphatic carbocycles. The van der Waals surface area contributed by atoms with Gasteiger partial charge in [-0.15, -0.1) is 0 Å². The molecule has 3 rings (SSSR count). The van der Waals surface area contributed by atoms with E-state index in [2.05, 4.69) is 5.32 Å². The van der Waals surface area contributed by atoms with Crippen LogP contribution < -0.4 is 21.5 Å². The largest absolute Gasteiger partial charge is 0.454 e. The zero-order chi connectivity index (χ0) is 22.4. The molecule has 31 heavy (non-hydrogen) atoms. The quantitative estimate of drug-likeness (QED) is 0.578. The van der Waals surface area contributed by atoms with Crippen LogP contribution in [0.2, 0.25) is 0 Å². The fraction of sp³-hybridized carbons (Fsp3) is 0.182. The van der Waals surface area contributed by atoms with Crippen LogP contribution in [-0.2, 0) is 28.4 Å². The van der Waals surface area contributed by atoms with Gasteiger partial charge in [-0.3, -0.25) is 23.5 Å². The number of para-hydroxylation sites is 2. The molecule has 2 aromatic carbocycles. The topological polar surface area (TPSA) is 103 Å². The van der Waals surface area contributed by atoms with Gasteiger partial charge in [0.2, 0.25) is 0 Å². The number of carbonyl (C=O) groups excluding carboxylic acids is 2. The molecule has 0 unspecified atom stereocenters. The van der Waals surface area contributed by atoms with Crippen molar-refractivity contribution in [2.24, 2.45) is 14.1 Å². The Morgan fingerprint density at radius 2 is 1.45 bits per heavy atom. The molecular formula is C22H22N4O5. The highest BCUT2D eigenvalue weighted by Gasteiger charge is 2.16. The van der Waals surface area contributed by atoms with Gasteiger partial charge in [-0.25, -0.2) is 4.79 Å². The first-order chi connectivity index (χ1) is 14.9. The number of ether oxygens (including phenoxy) is 1. The van der Waals surface area contributed by atoms with Crippen LogP contribution in [0.4, 0.5) is 17.2 Å². The van der Waals surface area contributed by atoms with Gasteiger partial charge >= 0.3 is 11.7 Å². The third-order valence-corrected chi connectivity index (χ3v) is 4.58. The Balaban J connectivity index is 1.65. The average Bonchev–Trinajstić information content (AvgIpc) is 2.79.